The summed E-state index contributed by atoms with van der Waals surface area (Å²) in [4.78, 5) is 13.1. The lowest BCUT2D eigenvalue weighted by atomic mass is 10.1. The average Bonchev–Trinajstić information content (AvgIpc) is 3.35. The molecule has 4 rings (SSSR count). The smallest absolute Gasteiger partial charge is 0.259 e. The fraction of sp³-hybridized carbons (Fsp3) is 0.158. The third kappa shape index (κ3) is 4.12. The van der Waals surface area contributed by atoms with Gasteiger partial charge in [0.15, 0.2) is 5.82 Å². The summed E-state index contributed by atoms with van der Waals surface area (Å²) < 4.78 is 5.36. The van der Waals surface area contributed by atoms with Gasteiger partial charge in [-0.15, -0.1) is 11.3 Å². The van der Waals surface area contributed by atoms with Gasteiger partial charge in [-0.25, -0.2) is 9.97 Å². The van der Waals surface area contributed by atoms with E-state index in [1.165, 1.54) is 0 Å². The minimum absolute atomic E-state index is 0.484. The number of benzene rings is 1. The molecule has 0 amide bonds. The number of nitrogens with one attached hydrogen (secondary N) is 1. The van der Waals surface area contributed by atoms with Crippen LogP contribution in [0.5, 0.6) is 0 Å². The van der Waals surface area contributed by atoms with Gasteiger partial charge in [-0.05, 0) is 17.7 Å². The highest BCUT2D eigenvalue weighted by Crippen LogP contribution is 2.18. The maximum absolute atomic E-state index is 5.36. The van der Waals surface area contributed by atoms with E-state index in [9.17, 15) is 0 Å². The average molecular weight is 363 g/mol. The molecular weight excluding hydrogens is 346 g/mol. The third-order valence-electron chi connectivity index (χ3n) is 3.85. The number of nitrogens with zero attached hydrogens (tertiary/aromatic N) is 4. The maximum Gasteiger partial charge on any atom is 0.259 e. The molecule has 4 aromatic rings. The first-order chi connectivity index (χ1) is 12.9. The van der Waals surface area contributed by atoms with Crippen molar-refractivity contribution in [2.24, 2.45) is 0 Å². The predicted octanol–water partition coefficient (Wildman–Crippen LogP) is 3.83. The molecule has 0 spiro atoms. The quantitative estimate of drug-likeness (QED) is 0.538. The Morgan fingerprint density at radius 3 is 2.73 bits per heavy atom. The van der Waals surface area contributed by atoms with Crippen LogP contribution in [-0.4, -0.2) is 26.7 Å². The molecule has 1 N–H and O–H groups in total. The highest BCUT2D eigenvalue weighted by Gasteiger charge is 2.10. The molecule has 3 heterocycles. The van der Waals surface area contributed by atoms with Crippen LogP contribution in [0.15, 0.2) is 64.1 Å². The summed E-state index contributed by atoms with van der Waals surface area (Å²) in [6.07, 6.45) is 3.26. The minimum Gasteiger partial charge on any atom is -0.370 e. The van der Waals surface area contributed by atoms with Crippen molar-refractivity contribution in [3.63, 3.8) is 0 Å². The zero-order valence-corrected chi connectivity index (χ0v) is 14.8. The largest absolute Gasteiger partial charge is 0.370 e. The number of pyridine rings is 1. The first-order valence-electron chi connectivity index (χ1n) is 8.31. The Bertz CT molecular complexity index is 936. The topological polar surface area (TPSA) is 76.7 Å². The van der Waals surface area contributed by atoms with E-state index >= 15 is 0 Å². The zero-order valence-electron chi connectivity index (χ0n) is 14.0. The van der Waals surface area contributed by atoms with Gasteiger partial charge in [-0.2, -0.15) is 4.98 Å². The molecule has 0 saturated heterocycles. The van der Waals surface area contributed by atoms with Crippen LogP contribution in [0.3, 0.4) is 0 Å². The first-order valence-corrected chi connectivity index (χ1v) is 9.25. The number of thiazole rings is 1. The van der Waals surface area contributed by atoms with Crippen LogP contribution in [0.1, 0.15) is 17.1 Å². The normalized spacial score (nSPS) is 10.8. The number of rotatable bonds is 7. The fourth-order valence-corrected chi connectivity index (χ4v) is 3.12. The van der Waals surface area contributed by atoms with Crippen molar-refractivity contribution in [2.75, 3.05) is 11.9 Å². The lowest BCUT2D eigenvalue weighted by Gasteiger charge is -2.04. The molecule has 0 fully saturated rings. The highest BCUT2D eigenvalue weighted by atomic mass is 32.1. The van der Waals surface area contributed by atoms with Crippen molar-refractivity contribution in [1.29, 1.82) is 0 Å². The summed E-state index contributed by atoms with van der Waals surface area (Å²) in [5.41, 5.74) is 4.90. The molecule has 0 saturated carbocycles. The Balaban J connectivity index is 1.36. The van der Waals surface area contributed by atoms with Gasteiger partial charge in [-0.1, -0.05) is 35.5 Å². The zero-order chi connectivity index (χ0) is 17.6. The molecule has 0 atom stereocenters. The van der Waals surface area contributed by atoms with Gasteiger partial charge in [0.05, 0.1) is 16.8 Å². The van der Waals surface area contributed by atoms with E-state index in [2.05, 4.69) is 30.8 Å². The number of hydrogen-bond acceptors (Lipinski definition) is 7. The predicted molar refractivity (Wildman–Crippen MR) is 101 cm³/mol. The summed E-state index contributed by atoms with van der Waals surface area (Å²) >= 11 is 1.61. The van der Waals surface area contributed by atoms with Crippen LogP contribution in [-0.2, 0) is 12.8 Å². The Kier molecular flexibility index (Phi) is 4.97. The summed E-state index contributed by atoms with van der Waals surface area (Å²) in [5.74, 6) is 1.96. The molecule has 6 nitrogen and oxygen atoms in total. The summed E-state index contributed by atoms with van der Waals surface area (Å²) in [6, 6.07) is 13.9. The van der Waals surface area contributed by atoms with Crippen molar-refractivity contribution in [2.45, 2.75) is 12.8 Å². The van der Waals surface area contributed by atoms with Crippen LogP contribution in [0.4, 0.5) is 5.82 Å². The molecule has 0 aliphatic rings. The molecule has 130 valence electrons. The maximum atomic E-state index is 5.36. The Morgan fingerprint density at radius 1 is 1.04 bits per heavy atom. The molecule has 26 heavy (non-hydrogen) atoms. The van der Waals surface area contributed by atoms with Gasteiger partial charge in [-0.3, -0.25) is 0 Å². The van der Waals surface area contributed by atoms with Crippen LogP contribution < -0.4 is 5.32 Å². The number of aromatic nitrogens is 4. The first kappa shape index (κ1) is 16.4. The summed E-state index contributed by atoms with van der Waals surface area (Å²) in [6.45, 7) is 0.790. The standard InChI is InChI=1S/C19H17N5OS/c1-2-4-14(5-3-1)10-18-23-19(25-24-18)15-6-7-17(21-11-15)20-9-8-16-12-26-13-22-16/h1-7,11-13H,8-10H2,(H,20,21). The lowest BCUT2D eigenvalue weighted by molar-refractivity contribution is 0.424. The molecule has 0 radical (unpaired) electrons. The van der Waals surface area contributed by atoms with E-state index in [0.717, 1.165) is 35.6 Å². The number of hydrogen-bond donors (Lipinski definition) is 1. The molecule has 0 bridgehead atoms. The van der Waals surface area contributed by atoms with Crippen molar-refractivity contribution in [1.82, 2.24) is 20.1 Å². The Hall–Kier alpha value is -3.06. The second-order valence-electron chi connectivity index (χ2n) is 5.77. The second-order valence-corrected chi connectivity index (χ2v) is 6.49. The third-order valence-corrected chi connectivity index (χ3v) is 4.49. The lowest BCUT2D eigenvalue weighted by Crippen LogP contribution is -2.06. The SMILES string of the molecule is c1ccc(Cc2noc(-c3ccc(NCCc4cscn4)nc3)n2)cc1. The molecular formula is C19H17N5OS. The van der Waals surface area contributed by atoms with Crippen molar-refractivity contribution in [3.8, 4) is 11.5 Å². The minimum atomic E-state index is 0.484. The molecule has 1 aromatic carbocycles. The second kappa shape index (κ2) is 7.88. The van der Waals surface area contributed by atoms with Crippen LogP contribution in [0, 0.1) is 0 Å². The molecule has 0 aliphatic carbocycles. The van der Waals surface area contributed by atoms with Crippen molar-refractivity contribution >= 4 is 17.2 Å². The van der Waals surface area contributed by atoms with E-state index in [1.807, 2.05) is 48.0 Å². The molecule has 0 aliphatic heterocycles. The monoisotopic (exact) mass is 363 g/mol. The van der Waals surface area contributed by atoms with Crippen LogP contribution in [0.25, 0.3) is 11.5 Å². The fourth-order valence-electron chi connectivity index (χ4n) is 2.53. The van der Waals surface area contributed by atoms with Crippen LogP contribution >= 0.6 is 11.3 Å². The van der Waals surface area contributed by atoms with Crippen molar-refractivity contribution < 1.29 is 4.52 Å². The van der Waals surface area contributed by atoms with Gasteiger partial charge < -0.3 is 9.84 Å². The van der Waals surface area contributed by atoms with E-state index in [4.69, 9.17) is 4.52 Å². The van der Waals surface area contributed by atoms with E-state index < -0.39 is 0 Å². The van der Waals surface area contributed by atoms with E-state index in [1.54, 1.807) is 17.5 Å². The van der Waals surface area contributed by atoms with Gasteiger partial charge in [0.2, 0.25) is 0 Å². The van der Waals surface area contributed by atoms with Gasteiger partial charge in [0, 0.05) is 31.0 Å². The highest BCUT2D eigenvalue weighted by molar-refractivity contribution is 7.07. The summed E-state index contributed by atoms with van der Waals surface area (Å²) in [5, 5.41) is 9.40. The van der Waals surface area contributed by atoms with Crippen molar-refractivity contribution in [3.05, 3.63) is 76.6 Å². The van der Waals surface area contributed by atoms with Crippen LogP contribution in [0.2, 0.25) is 0 Å². The van der Waals surface area contributed by atoms with E-state index in [0.29, 0.717) is 18.1 Å². The molecule has 3 aromatic heterocycles. The van der Waals surface area contributed by atoms with Gasteiger partial charge >= 0.3 is 0 Å². The Labute approximate surface area is 155 Å². The van der Waals surface area contributed by atoms with Gasteiger partial charge in [0.1, 0.15) is 5.82 Å². The number of anilines is 1. The Morgan fingerprint density at radius 2 is 1.96 bits per heavy atom. The molecule has 7 heteroatoms. The molecule has 0 unspecified atom stereocenters. The van der Waals surface area contributed by atoms with E-state index in [-0.39, 0.29) is 0 Å². The van der Waals surface area contributed by atoms with Gasteiger partial charge in [0.25, 0.3) is 5.89 Å². The summed E-state index contributed by atoms with van der Waals surface area (Å²) in [7, 11) is 0.